The van der Waals surface area contributed by atoms with Crippen LogP contribution in [0.5, 0.6) is 0 Å². The number of amides is 1. The highest BCUT2D eigenvalue weighted by Crippen LogP contribution is 2.37. The molecular weight excluding hydrogens is 393 g/mol. The zero-order valence-electron chi connectivity index (χ0n) is 15.7. The molecule has 0 bridgehead atoms. The molecule has 0 aliphatic rings. The van der Waals surface area contributed by atoms with Gasteiger partial charge in [0.25, 0.3) is 11.6 Å². The minimum atomic E-state index is -4.94. The number of non-ortho nitro benzene ring substituents is 1. The average Bonchev–Trinajstić information content (AvgIpc) is 2.62. The summed E-state index contributed by atoms with van der Waals surface area (Å²) in [6, 6.07) is 6.70. The average molecular weight is 410 g/mol. The molecule has 0 aliphatic heterocycles. The van der Waals surface area contributed by atoms with Gasteiger partial charge in [-0.3, -0.25) is 14.9 Å². The molecule has 0 heterocycles. The summed E-state index contributed by atoms with van der Waals surface area (Å²) in [7, 11) is 0. The highest BCUT2D eigenvalue weighted by Gasteiger charge is 2.36. The molecular formula is C19H17F3N2O5. The third-order valence-electron chi connectivity index (χ3n) is 4.17. The van der Waals surface area contributed by atoms with E-state index in [-0.39, 0.29) is 5.56 Å². The summed E-state index contributed by atoms with van der Waals surface area (Å²) in [4.78, 5) is 34.1. The largest absolute Gasteiger partial charge is 0.449 e. The Bertz CT molecular complexity index is 973. The number of ether oxygens (including phenoxy) is 1. The van der Waals surface area contributed by atoms with Crippen molar-refractivity contribution in [2.24, 2.45) is 0 Å². The number of halogens is 3. The Kier molecular flexibility index (Phi) is 6.25. The van der Waals surface area contributed by atoms with E-state index >= 15 is 0 Å². The standard InChI is InChI=1S/C19H17F3N2O5/c1-10-4-5-13(8-11(10)2)18(26)29-12(3)17(25)23-16-7-6-14(24(27)28)9-15(16)19(20,21)22/h4-9,12H,1-3H3,(H,23,25)/t12-/m0/s1. The molecule has 0 saturated carbocycles. The van der Waals surface area contributed by atoms with Gasteiger partial charge in [0.2, 0.25) is 0 Å². The van der Waals surface area contributed by atoms with Crippen LogP contribution in [0.3, 0.4) is 0 Å². The van der Waals surface area contributed by atoms with E-state index in [1.807, 2.05) is 12.2 Å². The number of rotatable bonds is 5. The first-order valence-electron chi connectivity index (χ1n) is 8.35. The SMILES string of the molecule is Cc1ccc(C(=O)O[C@@H](C)C(=O)Nc2ccc([N+](=O)[O-])cc2C(F)(F)F)cc1C. The molecule has 29 heavy (non-hydrogen) atoms. The van der Waals surface area contributed by atoms with Gasteiger partial charge in [0.15, 0.2) is 6.10 Å². The van der Waals surface area contributed by atoms with Crippen LogP contribution in [0, 0.1) is 24.0 Å². The highest BCUT2D eigenvalue weighted by atomic mass is 19.4. The van der Waals surface area contributed by atoms with Crippen molar-refractivity contribution in [2.45, 2.75) is 33.1 Å². The number of nitrogens with one attached hydrogen (secondary N) is 1. The van der Waals surface area contributed by atoms with E-state index in [0.29, 0.717) is 6.07 Å². The Morgan fingerprint density at radius 1 is 1.10 bits per heavy atom. The molecule has 0 radical (unpaired) electrons. The predicted molar refractivity (Wildman–Crippen MR) is 97.5 cm³/mol. The van der Waals surface area contributed by atoms with E-state index in [4.69, 9.17) is 4.74 Å². The maximum absolute atomic E-state index is 13.2. The summed E-state index contributed by atoms with van der Waals surface area (Å²) in [6.07, 6.45) is -6.34. The number of nitrogens with zero attached hydrogens (tertiary/aromatic N) is 1. The zero-order valence-corrected chi connectivity index (χ0v) is 15.7. The van der Waals surface area contributed by atoms with Gasteiger partial charge in [-0.25, -0.2) is 4.79 Å². The van der Waals surface area contributed by atoms with Crippen molar-refractivity contribution in [3.05, 3.63) is 68.8 Å². The molecule has 0 spiro atoms. The van der Waals surface area contributed by atoms with E-state index in [0.717, 1.165) is 23.3 Å². The highest BCUT2D eigenvalue weighted by molar-refractivity contribution is 5.98. The Morgan fingerprint density at radius 2 is 1.76 bits per heavy atom. The van der Waals surface area contributed by atoms with Crippen molar-refractivity contribution in [3.8, 4) is 0 Å². The topological polar surface area (TPSA) is 98.5 Å². The first-order valence-corrected chi connectivity index (χ1v) is 8.35. The third-order valence-corrected chi connectivity index (χ3v) is 4.17. The summed E-state index contributed by atoms with van der Waals surface area (Å²) in [6.45, 7) is 4.84. The molecule has 1 N–H and O–H groups in total. The van der Waals surface area contributed by atoms with Gasteiger partial charge in [-0.2, -0.15) is 13.2 Å². The molecule has 7 nitrogen and oxygen atoms in total. The molecule has 2 rings (SSSR count). The van der Waals surface area contributed by atoms with E-state index < -0.39 is 46.0 Å². The number of carbonyl (C=O) groups is 2. The van der Waals surface area contributed by atoms with Crippen molar-refractivity contribution in [1.29, 1.82) is 0 Å². The van der Waals surface area contributed by atoms with Crippen LogP contribution in [0.4, 0.5) is 24.5 Å². The zero-order chi connectivity index (χ0) is 21.9. The molecule has 1 atom stereocenters. The number of nitro groups is 1. The molecule has 2 aromatic carbocycles. The summed E-state index contributed by atoms with van der Waals surface area (Å²) < 4.78 is 44.6. The maximum atomic E-state index is 13.2. The summed E-state index contributed by atoms with van der Waals surface area (Å²) in [5.74, 6) is -1.82. The minimum absolute atomic E-state index is 0.194. The monoisotopic (exact) mass is 410 g/mol. The molecule has 0 unspecified atom stereocenters. The van der Waals surface area contributed by atoms with Gasteiger partial charge in [0.1, 0.15) is 0 Å². The van der Waals surface area contributed by atoms with E-state index in [1.165, 1.54) is 13.0 Å². The fraction of sp³-hybridized carbons (Fsp3) is 0.263. The van der Waals surface area contributed by atoms with Crippen molar-refractivity contribution in [2.75, 3.05) is 5.32 Å². The number of hydrogen-bond acceptors (Lipinski definition) is 5. The molecule has 0 aliphatic carbocycles. The molecule has 1 amide bonds. The number of anilines is 1. The molecule has 10 heteroatoms. The van der Waals surface area contributed by atoms with E-state index in [1.54, 1.807) is 19.1 Å². The molecule has 2 aromatic rings. The van der Waals surface area contributed by atoms with Crippen molar-refractivity contribution < 1.29 is 32.4 Å². The molecule has 0 saturated heterocycles. The number of benzene rings is 2. The Balaban J connectivity index is 2.17. The fourth-order valence-corrected chi connectivity index (χ4v) is 2.37. The number of nitro benzene ring substituents is 1. The maximum Gasteiger partial charge on any atom is 0.418 e. The van der Waals surface area contributed by atoms with Crippen LogP contribution in [-0.2, 0) is 15.7 Å². The van der Waals surface area contributed by atoms with Gasteiger partial charge >= 0.3 is 12.1 Å². The normalized spacial score (nSPS) is 12.2. The van der Waals surface area contributed by atoms with Gasteiger partial charge in [0.05, 0.1) is 21.7 Å². The number of esters is 1. The van der Waals surface area contributed by atoms with Crippen LogP contribution in [0.25, 0.3) is 0 Å². The molecule has 0 fully saturated rings. The quantitative estimate of drug-likeness (QED) is 0.447. The van der Waals surface area contributed by atoms with Gasteiger partial charge < -0.3 is 10.1 Å². The number of hydrogen-bond donors (Lipinski definition) is 1. The lowest BCUT2D eigenvalue weighted by Gasteiger charge is -2.17. The van der Waals surface area contributed by atoms with Crippen molar-refractivity contribution in [1.82, 2.24) is 0 Å². The Labute approximate surface area is 163 Å². The number of alkyl halides is 3. The van der Waals surface area contributed by atoms with Crippen LogP contribution in [0.2, 0.25) is 0 Å². The van der Waals surface area contributed by atoms with Crippen molar-refractivity contribution >= 4 is 23.3 Å². The van der Waals surface area contributed by atoms with E-state index in [2.05, 4.69) is 0 Å². The first kappa shape index (κ1) is 21.9. The molecule has 154 valence electrons. The van der Waals surface area contributed by atoms with Gasteiger partial charge in [0, 0.05) is 12.1 Å². The second-order valence-electron chi connectivity index (χ2n) is 6.32. The smallest absolute Gasteiger partial charge is 0.418 e. The second kappa shape index (κ2) is 8.29. The lowest BCUT2D eigenvalue weighted by atomic mass is 10.1. The number of aryl methyl sites for hydroxylation is 2. The Hall–Kier alpha value is -3.43. The fourth-order valence-electron chi connectivity index (χ4n) is 2.37. The number of carbonyl (C=O) groups excluding carboxylic acids is 2. The first-order chi connectivity index (χ1) is 13.4. The lowest BCUT2D eigenvalue weighted by molar-refractivity contribution is -0.385. The summed E-state index contributed by atoms with van der Waals surface area (Å²) in [5.41, 5.74) is -0.860. The van der Waals surface area contributed by atoms with E-state index in [9.17, 15) is 32.9 Å². The third kappa shape index (κ3) is 5.31. The lowest BCUT2D eigenvalue weighted by Crippen LogP contribution is -2.30. The second-order valence-corrected chi connectivity index (χ2v) is 6.32. The van der Waals surface area contributed by atoms with Gasteiger partial charge in [-0.15, -0.1) is 0 Å². The summed E-state index contributed by atoms with van der Waals surface area (Å²) in [5, 5.41) is 12.7. The van der Waals surface area contributed by atoms with Crippen LogP contribution in [0.1, 0.15) is 34.0 Å². The minimum Gasteiger partial charge on any atom is -0.449 e. The van der Waals surface area contributed by atoms with Crippen LogP contribution >= 0.6 is 0 Å². The Morgan fingerprint density at radius 3 is 2.31 bits per heavy atom. The van der Waals surface area contributed by atoms with Crippen LogP contribution in [0.15, 0.2) is 36.4 Å². The van der Waals surface area contributed by atoms with Crippen molar-refractivity contribution in [3.63, 3.8) is 0 Å². The van der Waals surface area contributed by atoms with Crippen LogP contribution < -0.4 is 5.32 Å². The van der Waals surface area contributed by atoms with Gasteiger partial charge in [-0.05, 0) is 50.1 Å². The predicted octanol–water partition coefficient (Wildman–Crippen LogP) is 4.41. The van der Waals surface area contributed by atoms with Gasteiger partial charge in [-0.1, -0.05) is 6.07 Å². The molecule has 0 aromatic heterocycles. The van der Waals surface area contributed by atoms with Crippen LogP contribution in [-0.4, -0.2) is 22.9 Å². The summed E-state index contributed by atoms with van der Waals surface area (Å²) >= 11 is 0.